The van der Waals surface area contributed by atoms with Crippen LogP contribution in [0.3, 0.4) is 0 Å². The van der Waals surface area contributed by atoms with E-state index < -0.39 is 25.3 Å². The SMILES string of the molecule is CS(=O)(=O)C(c1nnc(CNS(N)(=O)=O)o1)c1nc2cc(-c3ncccn3)ccc2s1. The fourth-order valence-corrected chi connectivity index (χ4v) is 5.52. The van der Waals surface area contributed by atoms with E-state index in [1.807, 2.05) is 10.8 Å². The fourth-order valence-electron chi connectivity index (χ4n) is 2.72. The van der Waals surface area contributed by atoms with Gasteiger partial charge in [0.05, 0.1) is 16.8 Å². The van der Waals surface area contributed by atoms with Gasteiger partial charge in [0.15, 0.2) is 20.9 Å². The number of fused-ring (bicyclic) bond motifs is 1. The summed E-state index contributed by atoms with van der Waals surface area (Å²) >= 11 is 1.17. The maximum absolute atomic E-state index is 12.5. The van der Waals surface area contributed by atoms with Crippen LogP contribution in [-0.2, 0) is 26.6 Å². The summed E-state index contributed by atoms with van der Waals surface area (Å²) in [6.07, 6.45) is 4.27. The van der Waals surface area contributed by atoms with E-state index in [0.29, 0.717) is 11.3 Å². The summed E-state index contributed by atoms with van der Waals surface area (Å²) in [6.45, 7) is -0.372. The third-order valence-electron chi connectivity index (χ3n) is 4.01. The zero-order valence-corrected chi connectivity index (χ0v) is 18.3. The predicted octanol–water partition coefficient (Wildman–Crippen LogP) is 0.563. The van der Waals surface area contributed by atoms with Crippen LogP contribution in [0.2, 0.25) is 0 Å². The molecule has 1 aromatic carbocycles. The number of aromatic nitrogens is 5. The Morgan fingerprint density at radius 2 is 1.90 bits per heavy atom. The van der Waals surface area contributed by atoms with Crippen LogP contribution < -0.4 is 9.86 Å². The van der Waals surface area contributed by atoms with Gasteiger partial charge in [0.2, 0.25) is 11.8 Å². The Balaban J connectivity index is 1.71. The summed E-state index contributed by atoms with van der Waals surface area (Å²) in [5.74, 6) is 0.157. The quantitative estimate of drug-likeness (QED) is 0.378. The lowest BCUT2D eigenvalue weighted by Crippen LogP contribution is -2.30. The van der Waals surface area contributed by atoms with Crippen molar-refractivity contribution < 1.29 is 21.3 Å². The maximum atomic E-state index is 12.5. The van der Waals surface area contributed by atoms with Gasteiger partial charge in [-0.2, -0.15) is 13.1 Å². The van der Waals surface area contributed by atoms with Crippen molar-refractivity contribution in [3.05, 3.63) is 53.4 Å². The lowest BCUT2D eigenvalue weighted by molar-refractivity contribution is 0.444. The molecule has 3 N–H and O–H groups in total. The van der Waals surface area contributed by atoms with E-state index in [4.69, 9.17) is 9.56 Å². The van der Waals surface area contributed by atoms with Gasteiger partial charge in [-0.1, -0.05) is 0 Å². The van der Waals surface area contributed by atoms with E-state index in [-0.39, 0.29) is 23.3 Å². The first-order chi connectivity index (χ1) is 14.6. The first-order valence-electron chi connectivity index (χ1n) is 8.56. The maximum Gasteiger partial charge on any atom is 0.274 e. The molecule has 0 aliphatic carbocycles. The monoisotopic (exact) mass is 481 g/mol. The average molecular weight is 482 g/mol. The normalized spacial score (nSPS) is 13.5. The average Bonchev–Trinajstić information content (AvgIpc) is 3.32. The highest BCUT2D eigenvalue weighted by Gasteiger charge is 2.34. The van der Waals surface area contributed by atoms with Crippen LogP contribution in [0, 0.1) is 0 Å². The van der Waals surface area contributed by atoms with Crippen LogP contribution in [0.15, 0.2) is 41.1 Å². The molecular weight excluding hydrogens is 466 g/mol. The summed E-state index contributed by atoms with van der Waals surface area (Å²) in [7, 11) is -7.72. The van der Waals surface area contributed by atoms with Crippen LogP contribution in [-0.4, -0.2) is 48.2 Å². The van der Waals surface area contributed by atoms with E-state index >= 15 is 0 Å². The van der Waals surface area contributed by atoms with Crippen LogP contribution in [0.5, 0.6) is 0 Å². The first-order valence-corrected chi connectivity index (χ1v) is 12.9. The molecular formula is C16H15N7O5S3. The molecule has 4 aromatic rings. The number of nitrogens with two attached hydrogens (primary N) is 1. The van der Waals surface area contributed by atoms with Gasteiger partial charge in [0.1, 0.15) is 5.01 Å². The van der Waals surface area contributed by atoms with Crippen molar-refractivity contribution >= 4 is 41.6 Å². The lowest BCUT2D eigenvalue weighted by atomic mass is 10.2. The van der Waals surface area contributed by atoms with E-state index in [0.717, 1.165) is 16.5 Å². The summed E-state index contributed by atoms with van der Waals surface area (Å²) in [5.41, 5.74) is 1.30. The second-order valence-electron chi connectivity index (χ2n) is 6.42. The molecule has 1 unspecified atom stereocenters. The molecule has 0 amide bonds. The first kappa shape index (κ1) is 21.4. The van der Waals surface area contributed by atoms with Gasteiger partial charge in [-0.3, -0.25) is 0 Å². The van der Waals surface area contributed by atoms with Gasteiger partial charge in [-0.15, -0.1) is 21.5 Å². The number of hydrogen-bond donors (Lipinski definition) is 2. The molecule has 0 saturated heterocycles. The molecule has 0 fully saturated rings. The number of thiazole rings is 1. The van der Waals surface area contributed by atoms with E-state index in [1.165, 1.54) is 11.3 Å². The Kier molecular flexibility index (Phi) is 5.52. The molecule has 3 heterocycles. The summed E-state index contributed by atoms with van der Waals surface area (Å²) in [5, 5.41) is 11.2. The van der Waals surface area contributed by atoms with Crippen LogP contribution in [0.4, 0.5) is 0 Å². The minimum absolute atomic E-state index is 0.137. The van der Waals surface area contributed by atoms with Crippen molar-refractivity contribution in [3.8, 4) is 11.4 Å². The second-order valence-corrected chi connectivity index (χ2v) is 11.0. The van der Waals surface area contributed by atoms with Crippen molar-refractivity contribution in [3.63, 3.8) is 0 Å². The number of nitrogens with zero attached hydrogens (tertiary/aromatic N) is 5. The largest absolute Gasteiger partial charge is 0.422 e. The zero-order chi connectivity index (χ0) is 22.2. The van der Waals surface area contributed by atoms with E-state index in [2.05, 4.69) is 25.1 Å². The topological polar surface area (TPSA) is 184 Å². The molecule has 0 spiro atoms. The third-order valence-corrected chi connectivity index (χ3v) is 7.09. The minimum atomic E-state index is -3.97. The van der Waals surface area contributed by atoms with Crippen LogP contribution in [0.1, 0.15) is 22.0 Å². The van der Waals surface area contributed by atoms with Gasteiger partial charge in [0.25, 0.3) is 10.2 Å². The van der Waals surface area contributed by atoms with Crippen molar-refractivity contribution in [2.24, 2.45) is 5.14 Å². The molecule has 0 bridgehead atoms. The molecule has 1 atom stereocenters. The molecule has 0 saturated carbocycles. The van der Waals surface area contributed by atoms with Crippen molar-refractivity contribution in [2.45, 2.75) is 11.8 Å². The summed E-state index contributed by atoms with van der Waals surface area (Å²) < 4.78 is 55.2. The van der Waals surface area contributed by atoms with Gasteiger partial charge in [0, 0.05) is 24.2 Å². The Labute approximate surface area is 180 Å². The van der Waals surface area contributed by atoms with Crippen LogP contribution in [0.25, 0.3) is 21.6 Å². The number of benzene rings is 1. The molecule has 4 rings (SSSR count). The Hall–Kier alpha value is -2.85. The van der Waals surface area contributed by atoms with Crippen molar-refractivity contribution in [1.29, 1.82) is 0 Å². The van der Waals surface area contributed by atoms with E-state index in [1.54, 1.807) is 30.6 Å². The molecule has 0 aliphatic heterocycles. The van der Waals surface area contributed by atoms with Gasteiger partial charge in [-0.05, 0) is 24.3 Å². The minimum Gasteiger partial charge on any atom is -0.422 e. The molecule has 15 heteroatoms. The van der Waals surface area contributed by atoms with Crippen LogP contribution >= 0.6 is 11.3 Å². The highest BCUT2D eigenvalue weighted by Crippen LogP contribution is 2.35. The predicted molar refractivity (Wildman–Crippen MR) is 112 cm³/mol. The van der Waals surface area contributed by atoms with Crippen molar-refractivity contribution in [1.82, 2.24) is 29.9 Å². The second kappa shape index (κ2) is 8.01. The van der Waals surface area contributed by atoms with Gasteiger partial charge >= 0.3 is 0 Å². The van der Waals surface area contributed by atoms with Crippen molar-refractivity contribution in [2.75, 3.05) is 6.26 Å². The van der Waals surface area contributed by atoms with E-state index in [9.17, 15) is 16.8 Å². The van der Waals surface area contributed by atoms with Gasteiger partial charge < -0.3 is 4.42 Å². The standard InChI is InChI=1S/C16H15N7O5S3/c1-30(24,25)13(15-23-22-12(28-15)8-20-31(17,26)27)16-21-10-7-9(3-4-11(10)29-16)14-18-5-2-6-19-14/h2-7,13,20H,8H2,1H3,(H2,17,26,27). The molecule has 0 aliphatic rings. The summed E-state index contributed by atoms with van der Waals surface area (Å²) in [6, 6.07) is 7.09. The number of nitrogens with one attached hydrogen (secondary N) is 1. The van der Waals surface area contributed by atoms with Gasteiger partial charge in [-0.25, -0.2) is 28.5 Å². The molecule has 31 heavy (non-hydrogen) atoms. The number of hydrogen-bond acceptors (Lipinski definition) is 11. The number of rotatable bonds is 7. The fraction of sp³-hybridized carbons (Fsp3) is 0.188. The molecule has 3 aromatic heterocycles. The smallest absolute Gasteiger partial charge is 0.274 e. The number of sulfone groups is 1. The highest BCUT2D eigenvalue weighted by atomic mass is 32.2. The third kappa shape index (κ3) is 4.91. The Morgan fingerprint density at radius 1 is 1.16 bits per heavy atom. The lowest BCUT2D eigenvalue weighted by Gasteiger charge is -2.07. The Morgan fingerprint density at radius 3 is 2.58 bits per heavy atom. The molecule has 12 nitrogen and oxygen atoms in total. The molecule has 162 valence electrons. The summed E-state index contributed by atoms with van der Waals surface area (Å²) in [4.78, 5) is 12.9. The zero-order valence-electron chi connectivity index (χ0n) is 15.8. The molecule has 0 radical (unpaired) electrons. The highest BCUT2D eigenvalue weighted by molar-refractivity contribution is 7.91. The Bertz CT molecular complexity index is 1450.